The molecule has 0 amide bonds. The standard InChI is InChI=1S/C29H29ClF2N2O3/c1-37-24-7-8-28-26(16-24)25(27(30)17-33-28)6-2-5-20-9-11-34(18-21(20)14-29(35)36)10-3-4-19-12-22(31)15-23(32)13-19/h7-8,12-13,15-17,20-21H,2,5-6,9-11,14,18H2,1H3,(H,35,36). The number of aryl methyl sites for hydroxylation is 1. The number of ether oxygens (including phenoxy) is 1. The van der Waals surface area contributed by atoms with Crippen LogP contribution in [0.4, 0.5) is 8.78 Å². The highest BCUT2D eigenvalue weighted by molar-refractivity contribution is 6.32. The maximum Gasteiger partial charge on any atom is 0.303 e. The summed E-state index contributed by atoms with van der Waals surface area (Å²) >= 11 is 6.50. The highest BCUT2D eigenvalue weighted by Gasteiger charge is 2.30. The van der Waals surface area contributed by atoms with Crippen molar-refractivity contribution in [3.8, 4) is 17.6 Å². The van der Waals surface area contributed by atoms with Crippen molar-refractivity contribution in [2.24, 2.45) is 11.8 Å². The van der Waals surface area contributed by atoms with Gasteiger partial charge in [0.1, 0.15) is 17.4 Å². The van der Waals surface area contributed by atoms with Crippen LogP contribution >= 0.6 is 11.6 Å². The zero-order valence-corrected chi connectivity index (χ0v) is 21.4. The molecule has 1 aliphatic rings. The molecule has 2 aromatic carbocycles. The van der Waals surface area contributed by atoms with Crippen molar-refractivity contribution in [2.75, 3.05) is 26.7 Å². The van der Waals surface area contributed by atoms with E-state index in [1.165, 1.54) is 12.1 Å². The van der Waals surface area contributed by atoms with Crippen molar-refractivity contribution in [2.45, 2.75) is 32.1 Å². The maximum atomic E-state index is 13.4. The lowest BCUT2D eigenvalue weighted by atomic mass is 9.80. The minimum absolute atomic E-state index is 0.00409. The topological polar surface area (TPSA) is 62.7 Å². The van der Waals surface area contributed by atoms with Crippen LogP contribution in [0.1, 0.15) is 36.8 Å². The van der Waals surface area contributed by atoms with Gasteiger partial charge in [-0.15, -0.1) is 0 Å². The van der Waals surface area contributed by atoms with Crippen LogP contribution in [-0.2, 0) is 11.2 Å². The number of hydrogen-bond donors (Lipinski definition) is 1. The number of halogens is 3. The van der Waals surface area contributed by atoms with Crippen LogP contribution in [0.5, 0.6) is 5.75 Å². The number of likely N-dealkylation sites (tertiary alicyclic amines) is 1. The second-order valence-electron chi connectivity index (χ2n) is 9.46. The molecule has 5 nitrogen and oxygen atoms in total. The van der Waals surface area contributed by atoms with E-state index in [1.807, 2.05) is 18.2 Å². The third kappa shape index (κ3) is 7.18. The molecule has 0 bridgehead atoms. The molecule has 2 heterocycles. The van der Waals surface area contributed by atoms with Gasteiger partial charge in [-0.3, -0.25) is 14.7 Å². The Morgan fingerprint density at radius 3 is 2.73 bits per heavy atom. The van der Waals surface area contributed by atoms with E-state index in [4.69, 9.17) is 16.3 Å². The zero-order chi connectivity index (χ0) is 26.4. The Bertz CT molecular complexity index is 1320. The molecule has 1 aliphatic heterocycles. The fraction of sp³-hybridized carbons (Fsp3) is 0.379. The normalized spacial score (nSPS) is 17.8. The third-order valence-electron chi connectivity index (χ3n) is 6.95. The fourth-order valence-corrected chi connectivity index (χ4v) is 5.38. The Morgan fingerprint density at radius 2 is 2.00 bits per heavy atom. The largest absolute Gasteiger partial charge is 0.497 e. The molecule has 1 aromatic heterocycles. The van der Waals surface area contributed by atoms with Gasteiger partial charge in [-0.25, -0.2) is 8.78 Å². The predicted octanol–water partition coefficient (Wildman–Crippen LogP) is 5.96. The van der Waals surface area contributed by atoms with E-state index in [9.17, 15) is 18.7 Å². The van der Waals surface area contributed by atoms with Crippen LogP contribution < -0.4 is 4.74 Å². The van der Waals surface area contributed by atoms with Gasteiger partial charge in [-0.2, -0.15) is 0 Å². The Morgan fingerprint density at radius 1 is 1.22 bits per heavy atom. The van der Waals surface area contributed by atoms with Crippen molar-refractivity contribution >= 4 is 28.5 Å². The summed E-state index contributed by atoms with van der Waals surface area (Å²) < 4.78 is 32.1. The van der Waals surface area contributed by atoms with Gasteiger partial charge in [-0.05, 0) is 80.0 Å². The quantitative estimate of drug-likeness (QED) is 0.367. The van der Waals surface area contributed by atoms with Crippen LogP contribution in [0.15, 0.2) is 42.6 Å². The van der Waals surface area contributed by atoms with E-state index in [-0.39, 0.29) is 23.8 Å². The lowest BCUT2D eigenvalue weighted by Crippen LogP contribution is -2.41. The van der Waals surface area contributed by atoms with Crippen LogP contribution in [0, 0.1) is 35.3 Å². The lowest BCUT2D eigenvalue weighted by molar-refractivity contribution is -0.139. The Labute approximate surface area is 220 Å². The molecule has 0 spiro atoms. The number of benzene rings is 2. The minimum Gasteiger partial charge on any atom is -0.497 e. The molecule has 1 saturated heterocycles. The van der Waals surface area contributed by atoms with Crippen molar-refractivity contribution in [1.29, 1.82) is 0 Å². The van der Waals surface area contributed by atoms with E-state index in [0.717, 1.165) is 60.5 Å². The molecule has 2 unspecified atom stereocenters. The van der Waals surface area contributed by atoms with Crippen LogP contribution in [0.25, 0.3) is 10.9 Å². The first kappa shape index (κ1) is 26.8. The third-order valence-corrected chi connectivity index (χ3v) is 7.27. The number of rotatable bonds is 8. The molecule has 1 N–H and O–H groups in total. The van der Waals surface area contributed by atoms with Crippen molar-refractivity contribution in [3.63, 3.8) is 0 Å². The van der Waals surface area contributed by atoms with Gasteiger partial charge in [0.2, 0.25) is 0 Å². The van der Waals surface area contributed by atoms with Crippen molar-refractivity contribution < 1.29 is 23.4 Å². The molecule has 1 fully saturated rings. The van der Waals surface area contributed by atoms with E-state index in [1.54, 1.807) is 13.3 Å². The Hall–Kier alpha value is -3.21. The van der Waals surface area contributed by atoms with E-state index >= 15 is 0 Å². The number of carboxylic acids is 1. The van der Waals surface area contributed by atoms with Gasteiger partial charge in [-0.1, -0.05) is 23.4 Å². The first-order valence-electron chi connectivity index (χ1n) is 12.3. The summed E-state index contributed by atoms with van der Waals surface area (Å²) in [6.45, 7) is 1.84. The van der Waals surface area contributed by atoms with E-state index in [0.29, 0.717) is 18.1 Å². The van der Waals surface area contributed by atoms with Gasteiger partial charge in [0.05, 0.1) is 24.2 Å². The molecule has 0 aliphatic carbocycles. The highest BCUT2D eigenvalue weighted by Crippen LogP contribution is 2.33. The SMILES string of the molecule is COc1ccc2ncc(Cl)c(CCCC3CCN(CC#Cc4cc(F)cc(F)c4)CC3CC(=O)O)c2c1. The van der Waals surface area contributed by atoms with Crippen LogP contribution in [0.3, 0.4) is 0 Å². The number of carbonyl (C=O) groups is 1. The van der Waals surface area contributed by atoms with Gasteiger partial charge in [0.25, 0.3) is 0 Å². The number of methoxy groups -OCH3 is 1. The smallest absolute Gasteiger partial charge is 0.303 e. The second kappa shape index (κ2) is 12.4. The first-order valence-corrected chi connectivity index (χ1v) is 12.7. The highest BCUT2D eigenvalue weighted by atomic mass is 35.5. The summed E-state index contributed by atoms with van der Waals surface area (Å²) in [5.41, 5.74) is 2.18. The number of fused-ring (bicyclic) bond motifs is 1. The second-order valence-corrected chi connectivity index (χ2v) is 9.87. The van der Waals surface area contributed by atoms with Crippen molar-refractivity contribution in [3.05, 3.63) is 70.4 Å². The van der Waals surface area contributed by atoms with Crippen molar-refractivity contribution in [1.82, 2.24) is 9.88 Å². The summed E-state index contributed by atoms with van der Waals surface area (Å²) in [4.78, 5) is 18.1. The molecule has 0 radical (unpaired) electrons. The summed E-state index contributed by atoms with van der Waals surface area (Å²) in [7, 11) is 1.63. The molecule has 37 heavy (non-hydrogen) atoms. The average Bonchev–Trinajstić information content (AvgIpc) is 2.85. The zero-order valence-electron chi connectivity index (χ0n) is 20.6. The molecular formula is C29H29ClF2N2O3. The van der Waals surface area contributed by atoms with E-state index in [2.05, 4.69) is 21.7 Å². The predicted molar refractivity (Wildman–Crippen MR) is 140 cm³/mol. The summed E-state index contributed by atoms with van der Waals surface area (Å²) in [5, 5.41) is 11.1. The number of aromatic nitrogens is 1. The van der Waals surface area contributed by atoms with Crippen LogP contribution in [0.2, 0.25) is 5.02 Å². The minimum atomic E-state index is -0.812. The summed E-state index contributed by atoms with van der Waals surface area (Å²) in [5.74, 6) is 4.68. The van der Waals surface area contributed by atoms with Crippen LogP contribution in [-0.4, -0.2) is 47.7 Å². The number of piperidine rings is 1. The number of carboxylic acid groups (broad SMARTS) is 1. The molecule has 4 rings (SSSR count). The molecule has 3 aromatic rings. The van der Waals surface area contributed by atoms with Gasteiger partial charge < -0.3 is 9.84 Å². The van der Waals surface area contributed by atoms with E-state index < -0.39 is 17.6 Å². The number of pyridine rings is 1. The van der Waals surface area contributed by atoms with Gasteiger partial charge in [0.15, 0.2) is 0 Å². The Kier molecular flexibility index (Phi) is 8.96. The summed E-state index contributed by atoms with van der Waals surface area (Å²) in [6, 6.07) is 8.95. The molecule has 8 heteroatoms. The number of nitrogens with zero attached hydrogens (tertiary/aromatic N) is 2. The monoisotopic (exact) mass is 526 g/mol. The average molecular weight is 527 g/mol. The number of hydrogen-bond acceptors (Lipinski definition) is 4. The number of aliphatic carboxylic acids is 1. The molecule has 194 valence electrons. The Balaban J connectivity index is 1.38. The maximum absolute atomic E-state index is 13.4. The molecule has 0 saturated carbocycles. The van der Waals surface area contributed by atoms with Gasteiger partial charge in [0, 0.05) is 36.2 Å². The lowest BCUT2D eigenvalue weighted by Gasteiger charge is -2.37. The molecule has 2 atom stereocenters. The molecular weight excluding hydrogens is 498 g/mol. The fourth-order valence-electron chi connectivity index (χ4n) is 5.14. The summed E-state index contributed by atoms with van der Waals surface area (Å²) in [6.07, 6.45) is 5.18. The first-order chi connectivity index (χ1) is 17.8. The van der Waals surface area contributed by atoms with Gasteiger partial charge >= 0.3 is 5.97 Å².